The van der Waals surface area contributed by atoms with Crippen LogP contribution in [0.25, 0.3) is 10.9 Å². The molecule has 150 valence electrons. The first-order valence-electron chi connectivity index (χ1n) is 9.19. The van der Waals surface area contributed by atoms with E-state index in [2.05, 4.69) is 20.3 Å². The summed E-state index contributed by atoms with van der Waals surface area (Å²) in [4.78, 5) is 12.9. The minimum Gasteiger partial charge on any atom is -0.370 e. The number of fused-ring (bicyclic) bond motifs is 1. The average Bonchev–Trinajstić information content (AvgIpc) is 2.78. The molecule has 0 unspecified atom stereocenters. The summed E-state index contributed by atoms with van der Waals surface area (Å²) >= 11 is 0. The van der Waals surface area contributed by atoms with Crippen molar-refractivity contribution in [3.05, 3.63) is 90.9 Å². The van der Waals surface area contributed by atoms with Crippen LogP contribution in [0.3, 0.4) is 0 Å². The summed E-state index contributed by atoms with van der Waals surface area (Å²) in [6.07, 6.45) is 4.90. The molecule has 0 spiro atoms. The Bertz CT molecular complexity index is 1300. The van der Waals surface area contributed by atoms with Crippen molar-refractivity contribution in [2.24, 2.45) is 10.7 Å². The highest BCUT2D eigenvalue weighted by Gasteiger charge is 2.20. The number of hydrogen-bond donors (Lipinski definition) is 2. The van der Waals surface area contributed by atoms with Gasteiger partial charge in [0, 0.05) is 29.7 Å². The molecule has 0 fully saturated rings. The Balaban J connectivity index is 1.53. The number of nitrogens with one attached hydrogen (secondary N) is 1. The van der Waals surface area contributed by atoms with Gasteiger partial charge < -0.3 is 11.1 Å². The zero-order chi connectivity index (χ0) is 21.0. The van der Waals surface area contributed by atoms with Gasteiger partial charge in [-0.3, -0.25) is 9.97 Å². The molecule has 0 saturated heterocycles. The summed E-state index contributed by atoms with van der Waals surface area (Å²) in [6, 6.07) is 18.9. The fourth-order valence-electron chi connectivity index (χ4n) is 2.99. The molecule has 4 aromatic rings. The van der Waals surface area contributed by atoms with Gasteiger partial charge in [-0.05, 0) is 42.0 Å². The van der Waals surface area contributed by atoms with Gasteiger partial charge in [-0.2, -0.15) is 0 Å². The van der Waals surface area contributed by atoms with Crippen LogP contribution >= 0.6 is 0 Å². The van der Waals surface area contributed by atoms with Crippen molar-refractivity contribution in [1.29, 1.82) is 0 Å². The van der Waals surface area contributed by atoms with Crippen molar-refractivity contribution in [2.45, 2.75) is 16.3 Å². The van der Waals surface area contributed by atoms with Crippen LogP contribution in [-0.2, 0) is 16.4 Å². The Morgan fingerprint density at radius 1 is 0.933 bits per heavy atom. The lowest BCUT2D eigenvalue weighted by atomic mass is 10.2. The van der Waals surface area contributed by atoms with Gasteiger partial charge in [-0.1, -0.05) is 30.3 Å². The molecule has 0 atom stereocenters. The second kappa shape index (κ2) is 8.30. The second-order valence-corrected chi connectivity index (χ2v) is 8.46. The first-order chi connectivity index (χ1) is 14.5. The van der Waals surface area contributed by atoms with Gasteiger partial charge in [0.05, 0.1) is 21.9 Å². The SMILES string of the molecule is NC(=NCc1ccc(S(=O)(=O)c2cccc3cccnc23)cc1)Nc1ccncc1. The maximum absolute atomic E-state index is 13.1. The number of nitrogens with two attached hydrogens (primary N) is 1. The lowest BCUT2D eigenvalue weighted by Gasteiger charge is -2.08. The molecule has 2 aromatic carbocycles. The topological polar surface area (TPSA) is 110 Å². The number of sulfone groups is 1. The lowest BCUT2D eigenvalue weighted by Crippen LogP contribution is -2.22. The van der Waals surface area contributed by atoms with Gasteiger partial charge in [0.25, 0.3) is 0 Å². The van der Waals surface area contributed by atoms with E-state index in [-0.39, 0.29) is 15.8 Å². The maximum atomic E-state index is 13.1. The summed E-state index contributed by atoms with van der Waals surface area (Å²) in [5.74, 6) is 0.264. The third kappa shape index (κ3) is 4.13. The molecule has 0 aliphatic heterocycles. The molecule has 0 bridgehead atoms. The van der Waals surface area contributed by atoms with Crippen molar-refractivity contribution in [3.8, 4) is 0 Å². The van der Waals surface area contributed by atoms with Crippen LogP contribution in [0.5, 0.6) is 0 Å². The fraction of sp³-hybridized carbons (Fsp3) is 0.0455. The lowest BCUT2D eigenvalue weighted by molar-refractivity contribution is 0.596. The standard InChI is InChI=1S/C22H19N5O2S/c23-22(27-18-10-13-24-14-11-18)26-15-16-6-8-19(9-7-16)30(28,29)20-5-1-3-17-4-2-12-25-21(17)20/h1-14H,15H2,(H3,23,24,26,27). The van der Waals surface area contributed by atoms with Crippen LogP contribution in [0.4, 0.5) is 5.69 Å². The van der Waals surface area contributed by atoms with Crippen LogP contribution in [0.1, 0.15) is 5.56 Å². The molecular formula is C22H19N5O2S. The Labute approximate surface area is 174 Å². The van der Waals surface area contributed by atoms with Crippen LogP contribution in [0.15, 0.2) is 100 Å². The largest absolute Gasteiger partial charge is 0.370 e. The monoisotopic (exact) mass is 417 g/mol. The van der Waals surface area contributed by atoms with E-state index in [0.717, 1.165) is 16.6 Å². The minimum absolute atomic E-state index is 0.192. The highest BCUT2D eigenvalue weighted by molar-refractivity contribution is 7.91. The van der Waals surface area contributed by atoms with Crippen LogP contribution in [0.2, 0.25) is 0 Å². The molecule has 7 nitrogen and oxygen atoms in total. The Morgan fingerprint density at radius 2 is 1.67 bits per heavy atom. The number of aliphatic imine (C=N–C) groups is 1. The first kappa shape index (κ1) is 19.5. The normalized spacial score (nSPS) is 12.1. The number of nitrogens with zero attached hydrogens (tertiary/aromatic N) is 3. The molecule has 8 heteroatoms. The van der Waals surface area contributed by atoms with E-state index in [1.54, 1.807) is 73.2 Å². The molecule has 30 heavy (non-hydrogen) atoms. The van der Waals surface area contributed by atoms with Gasteiger partial charge in [0.15, 0.2) is 5.96 Å². The molecule has 0 saturated carbocycles. The quantitative estimate of drug-likeness (QED) is 0.380. The van der Waals surface area contributed by atoms with Crippen LogP contribution in [0, 0.1) is 0 Å². The highest BCUT2D eigenvalue weighted by Crippen LogP contribution is 2.27. The number of aromatic nitrogens is 2. The highest BCUT2D eigenvalue weighted by atomic mass is 32.2. The number of hydrogen-bond acceptors (Lipinski definition) is 5. The minimum atomic E-state index is -3.70. The van der Waals surface area contributed by atoms with E-state index in [0.29, 0.717) is 12.1 Å². The predicted octanol–water partition coefficient (Wildman–Crippen LogP) is 3.39. The molecular weight excluding hydrogens is 398 g/mol. The van der Waals surface area contributed by atoms with Crippen molar-refractivity contribution >= 4 is 32.4 Å². The number of rotatable bonds is 5. The summed E-state index contributed by atoms with van der Waals surface area (Å²) in [6.45, 7) is 0.320. The van der Waals surface area contributed by atoms with E-state index in [9.17, 15) is 8.42 Å². The van der Waals surface area contributed by atoms with Crippen LogP contribution in [-0.4, -0.2) is 24.3 Å². The Kier molecular flexibility index (Phi) is 5.40. The van der Waals surface area contributed by atoms with Crippen molar-refractivity contribution in [3.63, 3.8) is 0 Å². The molecule has 0 amide bonds. The zero-order valence-electron chi connectivity index (χ0n) is 15.9. The van der Waals surface area contributed by atoms with Gasteiger partial charge in [-0.15, -0.1) is 0 Å². The van der Waals surface area contributed by atoms with Crippen molar-refractivity contribution in [1.82, 2.24) is 9.97 Å². The number of anilines is 1. The molecule has 0 aliphatic rings. The van der Waals surface area contributed by atoms with E-state index in [1.807, 2.05) is 12.1 Å². The molecule has 2 heterocycles. The van der Waals surface area contributed by atoms with E-state index in [4.69, 9.17) is 5.73 Å². The average molecular weight is 417 g/mol. The van der Waals surface area contributed by atoms with Gasteiger partial charge in [0.2, 0.25) is 9.84 Å². The van der Waals surface area contributed by atoms with Crippen LogP contribution < -0.4 is 11.1 Å². The number of pyridine rings is 2. The summed E-state index contributed by atoms with van der Waals surface area (Å²) in [5, 5.41) is 3.75. The smallest absolute Gasteiger partial charge is 0.208 e. The number of benzene rings is 2. The van der Waals surface area contributed by atoms with E-state index in [1.165, 1.54) is 0 Å². The third-order valence-corrected chi connectivity index (χ3v) is 6.30. The fourth-order valence-corrected chi connectivity index (χ4v) is 4.42. The molecule has 2 aromatic heterocycles. The van der Waals surface area contributed by atoms with E-state index < -0.39 is 9.84 Å². The Hall–Kier alpha value is -3.78. The molecule has 0 radical (unpaired) electrons. The number of guanidine groups is 1. The molecule has 4 rings (SSSR count). The van der Waals surface area contributed by atoms with Crippen molar-refractivity contribution < 1.29 is 8.42 Å². The van der Waals surface area contributed by atoms with E-state index >= 15 is 0 Å². The first-order valence-corrected chi connectivity index (χ1v) is 10.7. The summed E-state index contributed by atoms with van der Waals surface area (Å²) in [7, 11) is -3.70. The summed E-state index contributed by atoms with van der Waals surface area (Å²) < 4.78 is 26.3. The van der Waals surface area contributed by atoms with Crippen molar-refractivity contribution in [2.75, 3.05) is 5.32 Å². The molecule has 0 aliphatic carbocycles. The van der Waals surface area contributed by atoms with Gasteiger partial charge in [-0.25, -0.2) is 13.4 Å². The van der Waals surface area contributed by atoms with Gasteiger partial charge in [0.1, 0.15) is 0 Å². The maximum Gasteiger partial charge on any atom is 0.208 e. The van der Waals surface area contributed by atoms with Gasteiger partial charge >= 0.3 is 0 Å². The Morgan fingerprint density at radius 3 is 2.43 bits per heavy atom. The second-order valence-electron chi connectivity index (χ2n) is 6.54. The third-order valence-electron chi connectivity index (χ3n) is 4.50. The number of para-hydroxylation sites is 1. The summed E-state index contributed by atoms with van der Waals surface area (Å²) in [5.41, 5.74) is 7.98. The zero-order valence-corrected chi connectivity index (χ0v) is 16.8. The predicted molar refractivity (Wildman–Crippen MR) is 117 cm³/mol. The molecule has 3 N–H and O–H groups in total.